The van der Waals surface area contributed by atoms with Gasteiger partial charge in [0.05, 0.1) is 17.1 Å². The Labute approximate surface area is 188 Å². The minimum atomic E-state index is -2.53. The van der Waals surface area contributed by atoms with Crippen LogP contribution in [0.15, 0.2) is 66.4 Å². The maximum absolute atomic E-state index is 13.1. The maximum Gasteiger partial charge on any atom is 0.263 e. The van der Waals surface area contributed by atoms with Crippen LogP contribution in [-0.2, 0) is 7.05 Å². The van der Waals surface area contributed by atoms with Gasteiger partial charge in [0.25, 0.3) is 6.43 Å². The Hall–Kier alpha value is -3.65. The van der Waals surface area contributed by atoms with Crippen molar-refractivity contribution in [3.8, 4) is 22.6 Å². The van der Waals surface area contributed by atoms with E-state index in [9.17, 15) is 8.78 Å². The summed E-state index contributed by atoms with van der Waals surface area (Å²) in [5.41, 5.74) is 4.71. The molecule has 8 heteroatoms. The van der Waals surface area contributed by atoms with Crippen molar-refractivity contribution < 1.29 is 8.78 Å². The fourth-order valence-electron chi connectivity index (χ4n) is 3.34. The van der Waals surface area contributed by atoms with Gasteiger partial charge in [-0.15, -0.1) is 11.3 Å². The van der Waals surface area contributed by atoms with Crippen molar-refractivity contribution >= 4 is 28.6 Å². The zero-order chi connectivity index (χ0) is 22.7. The van der Waals surface area contributed by atoms with Crippen molar-refractivity contribution in [3.63, 3.8) is 0 Å². The van der Waals surface area contributed by atoms with E-state index >= 15 is 0 Å². The number of imidazole rings is 1. The minimum absolute atomic E-state index is 0.0335. The van der Waals surface area contributed by atoms with Gasteiger partial charge in [0.1, 0.15) is 5.82 Å². The van der Waals surface area contributed by atoms with E-state index in [1.165, 1.54) is 23.5 Å². The molecule has 0 bridgehead atoms. The van der Waals surface area contributed by atoms with Crippen molar-refractivity contribution in [2.45, 2.75) is 13.3 Å². The Balaban J connectivity index is 1.61. The standard InChI is InChI=1S/C24H21F2N5S/c1-4-21-19(29-23(31(21)3)17-8-5-7-16(12-17)22(25)26)11-15(2)28-24-30-20(14-32-24)18-9-6-10-27-13-18/h4-14,22H,1H2,2-3H3,(H,28,30)/b15-11+. The van der Waals surface area contributed by atoms with E-state index in [1.807, 2.05) is 42.1 Å². The van der Waals surface area contributed by atoms with Crippen molar-refractivity contribution in [2.24, 2.45) is 7.05 Å². The molecule has 3 heterocycles. The molecule has 4 rings (SSSR count). The number of rotatable bonds is 7. The summed E-state index contributed by atoms with van der Waals surface area (Å²) in [6.07, 6.45) is 4.56. The Morgan fingerprint density at radius 2 is 2.00 bits per heavy atom. The molecule has 1 aromatic carbocycles. The maximum atomic E-state index is 13.1. The molecule has 162 valence electrons. The summed E-state index contributed by atoms with van der Waals surface area (Å²) in [5.74, 6) is 0.592. The van der Waals surface area contributed by atoms with Gasteiger partial charge < -0.3 is 9.88 Å². The van der Waals surface area contributed by atoms with Crippen LogP contribution in [-0.4, -0.2) is 19.5 Å². The first-order valence-electron chi connectivity index (χ1n) is 9.85. The Bertz CT molecular complexity index is 1270. The van der Waals surface area contributed by atoms with Gasteiger partial charge in [-0.1, -0.05) is 24.8 Å². The molecule has 0 unspecified atom stereocenters. The zero-order valence-electron chi connectivity index (χ0n) is 17.6. The second-order valence-electron chi connectivity index (χ2n) is 7.13. The third kappa shape index (κ3) is 4.50. The van der Waals surface area contributed by atoms with Crippen molar-refractivity contribution in [2.75, 3.05) is 5.32 Å². The lowest BCUT2D eigenvalue weighted by atomic mass is 10.1. The molecule has 0 amide bonds. The Morgan fingerprint density at radius 1 is 1.19 bits per heavy atom. The van der Waals surface area contributed by atoms with Gasteiger partial charge in [-0.2, -0.15) is 0 Å². The number of allylic oxidation sites excluding steroid dienone is 1. The summed E-state index contributed by atoms with van der Waals surface area (Å²) in [7, 11) is 1.84. The van der Waals surface area contributed by atoms with E-state index in [0.29, 0.717) is 17.1 Å². The third-order valence-corrected chi connectivity index (χ3v) is 5.63. The fourth-order valence-corrected chi connectivity index (χ4v) is 4.12. The molecule has 32 heavy (non-hydrogen) atoms. The first-order valence-corrected chi connectivity index (χ1v) is 10.7. The third-order valence-electron chi connectivity index (χ3n) is 4.88. The van der Waals surface area contributed by atoms with E-state index in [0.717, 1.165) is 27.8 Å². The lowest BCUT2D eigenvalue weighted by Crippen LogP contribution is -1.97. The summed E-state index contributed by atoms with van der Waals surface area (Å²) in [4.78, 5) is 13.4. The number of hydrogen-bond donors (Lipinski definition) is 1. The van der Waals surface area contributed by atoms with E-state index in [1.54, 1.807) is 30.6 Å². The van der Waals surface area contributed by atoms with E-state index in [4.69, 9.17) is 4.98 Å². The first-order chi connectivity index (χ1) is 15.5. The highest BCUT2D eigenvalue weighted by atomic mass is 32.1. The molecule has 0 saturated carbocycles. The van der Waals surface area contributed by atoms with Crippen LogP contribution in [0.3, 0.4) is 0 Å². The zero-order valence-corrected chi connectivity index (χ0v) is 18.4. The van der Waals surface area contributed by atoms with E-state index in [2.05, 4.69) is 21.9 Å². The minimum Gasteiger partial charge on any atom is -0.335 e. The van der Waals surface area contributed by atoms with Gasteiger partial charge in [-0.05, 0) is 37.3 Å². The van der Waals surface area contributed by atoms with E-state index < -0.39 is 6.43 Å². The Kier molecular flexibility index (Phi) is 6.23. The second kappa shape index (κ2) is 9.23. The summed E-state index contributed by atoms with van der Waals surface area (Å²) in [5, 5.41) is 6.01. The molecule has 5 nitrogen and oxygen atoms in total. The highest BCUT2D eigenvalue weighted by Crippen LogP contribution is 2.29. The Morgan fingerprint density at radius 3 is 2.72 bits per heavy atom. The number of halogens is 2. The van der Waals surface area contributed by atoms with Gasteiger partial charge in [0, 0.05) is 47.2 Å². The molecule has 0 radical (unpaired) electrons. The largest absolute Gasteiger partial charge is 0.335 e. The van der Waals surface area contributed by atoms with Crippen molar-refractivity contribution in [3.05, 3.63) is 83.4 Å². The molecule has 0 atom stereocenters. The fraction of sp³-hybridized carbons (Fsp3) is 0.125. The molecule has 0 fully saturated rings. The summed E-state index contributed by atoms with van der Waals surface area (Å²) in [6, 6.07) is 10.1. The molecule has 4 aromatic rings. The normalized spacial score (nSPS) is 11.7. The number of alkyl halides is 2. The van der Waals surface area contributed by atoms with Crippen LogP contribution in [0.25, 0.3) is 34.8 Å². The number of aromatic nitrogens is 4. The topological polar surface area (TPSA) is 55.6 Å². The van der Waals surface area contributed by atoms with Gasteiger partial charge in [0.2, 0.25) is 0 Å². The SMILES string of the molecule is C=Cc1c(/C=C(\C)Nc2nc(-c3cccnc3)cs2)nc(-c2cccc(C(F)F)c2)n1C. The average Bonchev–Trinajstić information content (AvgIpc) is 3.38. The van der Waals surface area contributed by atoms with Gasteiger partial charge in [0.15, 0.2) is 5.13 Å². The average molecular weight is 450 g/mol. The number of hydrogen-bond acceptors (Lipinski definition) is 5. The number of benzene rings is 1. The highest BCUT2D eigenvalue weighted by molar-refractivity contribution is 7.14. The van der Waals surface area contributed by atoms with Crippen LogP contribution in [0.2, 0.25) is 0 Å². The number of nitrogens with one attached hydrogen (secondary N) is 1. The number of anilines is 1. The monoisotopic (exact) mass is 449 g/mol. The quantitative estimate of drug-likeness (QED) is 0.343. The smallest absolute Gasteiger partial charge is 0.263 e. The van der Waals surface area contributed by atoms with Gasteiger partial charge in [-0.3, -0.25) is 4.98 Å². The second-order valence-corrected chi connectivity index (χ2v) is 7.99. The van der Waals surface area contributed by atoms with Crippen LogP contribution < -0.4 is 5.32 Å². The lowest BCUT2D eigenvalue weighted by Gasteiger charge is -2.05. The molecule has 3 aromatic heterocycles. The molecular formula is C24H21F2N5S. The van der Waals surface area contributed by atoms with Crippen LogP contribution in [0.1, 0.15) is 30.3 Å². The first kappa shape index (κ1) is 21.6. The van der Waals surface area contributed by atoms with Crippen LogP contribution in [0.5, 0.6) is 0 Å². The van der Waals surface area contributed by atoms with Gasteiger partial charge in [-0.25, -0.2) is 18.7 Å². The van der Waals surface area contributed by atoms with Crippen LogP contribution >= 0.6 is 11.3 Å². The van der Waals surface area contributed by atoms with Crippen LogP contribution in [0.4, 0.5) is 13.9 Å². The number of pyridine rings is 1. The van der Waals surface area contributed by atoms with Crippen LogP contribution in [0, 0.1) is 0 Å². The summed E-state index contributed by atoms with van der Waals surface area (Å²) >= 11 is 1.50. The summed E-state index contributed by atoms with van der Waals surface area (Å²) in [6.45, 7) is 5.81. The van der Waals surface area contributed by atoms with Crippen molar-refractivity contribution in [1.29, 1.82) is 0 Å². The number of thiazole rings is 1. The van der Waals surface area contributed by atoms with E-state index in [-0.39, 0.29) is 5.56 Å². The molecular weight excluding hydrogens is 428 g/mol. The molecule has 0 saturated heterocycles. The molecule has 0 aliphatic carbocycles. The number of nitrogens with zero attached hydrogens (tertiary/aromatic N) is 4. The highest BCUT2D eigenvalue weighted by Gasteiger charge is 2.15. The van der Waals surface area contributed by atoms with Crippen molar-refractivity contribution in [1.82, 2.24) is 19.5 Å². The predicted octanol–water partition coefficient (Wildman–Crippen LogP) is 6.66. The molecule has 0 spiro atoms. The molecule has 0 aliphatic heterocycles. The van der Waals surface area contributed by atoms with Gasteiger partial charge >= 0.3 is 0 Å². The molecule has 0 aliphatic rings. The predicted molar refractivity (Wildman–Crippen MR) is 126 cm³/mol. The summed E-state index contributed by atoms with van der Waals surface area (Å²) < 4.78 is 28.1. The molecule has 1 N–H and O–H groups in total. The lowest BCUT2D eigenvalue weighted by molar-refractivity contribution is 0.151.